The van der Waals surface area contributed by atoms with Crippen LogP contribution in [-0.2, 0) is 11.3 Å². The molecule has 0 radical (unpaired) electrons. The maximum atomic E-state index is 12.0. The second-order valence-corrected chi connectivity index (χ2v) is 7.09. The molecule has 6 nitrogen and oxygen atoms in total. The van der Waals surface area contributed by atoms with Crippen LogP contribution in [0, 0.1) is 6.92 Å². The van der Waals surface area contributed by atoms with Gasteiger partial charge < -0.3 is 11.2 Å². The number of aromatic nitrogens is 3. The predicted molar refractivity (Wildman–Crippen MR) is 97.2 cm³/mol. The molecule has 2 aromatic heterocycles. The molecule has 0 saturated carbocycles. The fourth-order valence-electron chi connectivity index (χ4n) is 2.04. The predicted octanol–water partition coefficient (Wildman–Crippen LogP) is 2.44. The largest absolute Gasteiger partial charge is 0.351 e. The molecule has 1 aromatic carbocycles. The third-order valence-corrected chi connectivity index (χ3v) is 5.16. The van der Waals surface area contributed by atoms with Gasteiger partial charge in [0.1, 0.15) is 0 Å². The number of amides is 1. The van der Waals surface area contributed by atoms with Crippen LogP contribution in [0.25, 0.3) is 10.7 Å². The Morgan fingerprint density at radius 3 is 2.79 bits per heavy atom. The summed E-state index contributed by atoms with van der Waals surface area (Å²) in [6, 6.07) is 11.9. The van der Waals surface area contributed by atoms with Crippen molar-refractivity contribution in [2.24, 2.45) is 0 Å². The zero-order valence-corrected chi connectivity index (χ0v) is 14.7. The number of carbonyl (C=O) groups is 1. The van der Waals surface area contributed by atoms with Gasteiger partial charge in [0.25, 0.3) is 0 Å². The molecule has 0 bridgehead atoms. The van der Waals surface area contributed by atoms with Gasteiger partial charge in [0.15, 0.2) is 5.82 Å². The van der Waals surface area contributed by atoms with Crippen LogP contribution in [0.2, 0.25) is 0 Å². The van der Waals surface area contributed by atoms with E-state index in [2.05, 4.69) is 15.5 Å². The van der Waals surface area contributed by atoms with Crippen molar-refractivity contribution in [2.45, 2.75) is 18.6 Å². The average Bonchev–Trinajstić information content (AvgIpc) is 3.22. The van der Waals surface area contributed by atoms with E-state index in [0.717, 1.165) is 10.4 Å². The number of hydrogen-bond donors (Lipinski definition) is 2. The van der Waals surface area contributed by atoms with Gasteiger partial charge in [-0.2, -0.15) is 0 Å². The van der Waals surface area contributed by atoms with E-state index in [0.29, 0.717) is 17.5 Å². The summed E-state index contributed by atoms with van der Waals surface area (Å²) in [6.45, 7) is 2.54. The van der Waals surface area contributed by atoms with Crippen LogP contribution in [0.4, 0.5) is 0 Å². The van der Waals surface area contributed by atoms with Crippen LogP contribution < -0.4 is 11.2 Å². The van der Waals surface area contributed by atoms with Gasteiger partial charge in [0.2, 0.25) is 11.1 Å². The van der Waals surface area contributed by atoms with Gasteiger partial charge in [-0.05, 0) is 23.9 Å². The normalized spacial score (nSPS) is 10.7. The molecule has 3 aromatic rings. The van der Waals surface area contributed by atoms with Gasteiger partial charge in [-0.1, -0.05) is 47.7 Å². The van der Waals surface area contributed by atoms with Crippen molar-refractivity contribution in [3.05, 3.63) is 52.9 Å². The molecule has 3 rings (SSSR count). The maximum Gasteiger partial charge on any atom is 0.230 e. The zero-order chi connectivity index (χ0) is 16.9. The van der Waals surface area contributed by atoms with Crippen LogP contribution in [-0.4, -0.2) is 26.5 Å². The van der Waals surface area contributed by atoms with Gasteiger partial charge in [-0.25, -0.2) is 4.68 Å². The number of nitrogens with two attached hydrogens (primary N) is 1. The Kier molecular flexibility index (Phi) is 5.17. The molecule has 0 aliphatic carbocycles. The number of thiophene rings is 1. The molecular formula is C16H17N5OS2. The zero-order valence-electron chi connectivity index (χ0n) is 13.1. The standard InChI is InChI=1S/C16H17N5OS2/c1-11-4-6-12(7-5-11)9-18-14(22)10-24-16-20-19-15(21(16)17)13-3-2-8-23-13/h2-8H,9-10,17H2,1H3,(H,18,22). The molecule has 0 unspecified atom stereocenters. The van der Waals surface area contributed by atoms with Gasteiger partial charge in [0.05, 0.1) is 10.6 Å². The van der Waals surface area contributed by atoms with E-state index in [1.165, 1.54) is 22.0 Å². The number of hydrogen-bond acceptors (Lipinski definition) is 6. The number of thioether (sulfide) groups is 1. The topological polar surface area (TPSA) is 85.8 Å². The first-order chi connectivity index (χ1) is 11.6. The van der Waals surface area contributed by atoms with E-state index >= 15 is 0 Å². The molecule has 0 aliphatic heterocycles. The van der Waals surface area contributed by atoms with E-state index in [4.69, 9.17) is 5.84 Å². The Morgan fingerprint density at radius 2 is 2.08 bits per heavy atom. The molecule has 0 spiro atoms. The van der Waals surface area contributed by atoms with Crippen molar-refractivity contribution in [3.63, 3.8) is 0 Å². The Hall–Kier alpha value is -2.32. The van der Waals surface area contributed by atoms with Crippen LogP contribution >= 0.6 is 23.1 Å². The number of benzene rings is 1. The molecule has 1 amide bonds. The summed E-state index contributed by atoms with van der Waals surface area (Å²) >= 11 is 2.81. The van der Waals surface area contributed by atoms with Crippen LogP contribution in [0.5, 0.6) is 0 Å². The summed E-state index contributed by atoms with van der Waals surface area (Å²) in [7, 11) is 0. The second-order valence-electron chi connectivity index (χ2n) is 5.20. The number of carbonyl (C=O) groups excluding carboxylic acids is 1. The molecule has 8 heteroatoms. The van der Waals surface area contributed by atoms with E-state index < -0.39 is 0 Å². The third-order valence-electron chi connectivity index (χ3n) is 3.35. The summed E-state index contributed by atoms with van der Waals surface area (Å²) in [5, 5.41) is 13.5. The third kappa shape index (κ3) is 3.95. The lowest BCUT2D eigenvalue weighted by Gasteiger charge is -2.06. The van der Waals surface area contributed by atoms with Crippen molar-refractivity contribution in [1.82, 2.24) is 20.2 Å². The summed E-state index contributed by atoms with van der Waals surface area (Å²) in [5.41, 5.74) is 2.27. The highest BCUT2D eigenvalue weighted by Crippen LogP contribution is 2.24. The molecule has 0 aliphatic rings. The van der Waals surface area contributed by atoms with Crippen molar-refractivity contribution >= 4 is 29.0 Å². The van der Waals surface area contributed by atoms with Gasteiger partial charge in [-0.3, -0.25) is 4.79 Å². The number of nitrogens with zero attached hydrogens (tertiary/aromatic N) is 3. The lowest BCUT2D eigenvalue weighted by Crippen LogP contribution is -2.25. The first-order valence-corrected chi connectivity index (χ1v) is 9.19. The molecular weight excluding hydrogens is 342 g/mol. The molecule has 0 atom stereocenters. The number of nitrogen functional groups attached to an aromatic ring is 1. The van der Waals surface area contributed by atoms with Crippen LogP contribution in [0.15, 0.2) is 46.9 Å². The van der Waals surface area contributed by atoms with Crippen molar-refractivity contribution < 1.29 is 4.79 Å². The Balaban J connectivity index is 1.52. The van der Waals surface area contributed by atoms with Crippen molar-refractivity contribution in [2.75, 3.05) is 11.6 Å². The Morgan fingerprint density at radius 1 is 1.29 bits per heavy atom. The number of rotatable bonds is 6. The Labute approximate surface area is 148 Å². The number of nitrogens with one attached hydrogen (secondary N) is 1. The summed E-state index contributed by atoms with van der Waals surface area (Å²) in [6.07, 6.45) is 0. The fourth-order valence-corrected chi connectivity index (χ4v) is 3.43. The van der Waals surface area contributed by atoms with E-state index in [1.807, 2.05) is 48.7 Å². The summed E-state index contributed by atoms with van der Waals surface area (Å²) in [4.78, 5) is 12.9. The minimum atomic E-state index is -0.0683. The summed E-state index contributed by atoms with van der Waals surface area (Å²) in [5.74, 6) is 6.78. The highest BCUT2D eigenvalue weighted by atomic mass is 32.2. The van der Waals surface area contributed by atoms with Gasteiger partial charge in [-0.15, -0.1) is 21.5 Å². The monoisotopic (exact) mass is 359 g/mol. The first kappa shape index (κ1) is 16.5. The molecule has 3 N–H and O–H groups in total. The minimum absolute atomic E-state index is 0.0683. The van der Waals surface area contributed by atoms with Crippen LogP contribution in [0.3, 0.4) is 0 Å². The molecule has 0 fully saturated rings. The SMILES string of the molecule is Cc1ccc(CNC(=O)CSc2nnc(-c3cccs3)n2N)cc1. The lowest BCUT2D eigenvalue weighted by atomic mass is 10.1. The van der Waals surface area contributed by atoms with E-state index in [9.17, 15) is 4.79 Å². The quantitative estimate of drug-likeness (QED) is 0.521. The van der Waals surface area contributed by atoms with Crippen LogP contribution in [0.1, 0.15) is 11.1 Å². The molecule has 2 heterocycles. The molecule has 0 saturated heterocycles. The highest BCUT2D eigenvalue weighted by Gasteiger charge is 2.14. The van der Waals surface area contributed by atoms with Gasteiger partial charge in [0, 0.05) is 6.54 Å². The fraction of sp³-hybridized carbons (Fsp3) is 0.188. The van der Waals surface area contributed by atoms with E-state index in [-0.39, 0.29) is 11.7 Å². The smallest absolute Gasteiger partial charge is 0.230 e. The first-order valence-electron chi connectivity index (χ1n) is 7.33. The summed E-state index contributed by atoms with van der Waals surface area (Å²) < 4.78 is 1.42. The van der Waals surface area contributed by atoms with Crippen molar-refractivity contribution in [1.29, 1.82) is 0 Å². The Bertz CT molecular complexity index is 812. The lowest BCUT2D eigenvalue weighted by molar-refractivity contribution is -0.118. The van der Waals surface area contributed by atoms with Crippen molar-refractivity contribution in [3.8, 4) is 10.7 Å². The van der Waals surface area contributed by atoms with E-state index in [1.54, 1.807) is 11.3 Å². The van der Waals surface area contributed by atoms with Gasteiger partial charge >= 0.3 is 0 Å². The molecule has 124 valence electrons. The minimum Gasteiger partial charge on any atom is -0.351 e. The maximum absolute atomic E-state index is 12.0. The molecule has 24 heavy (non-hydrogen) atoms. The second kappa shape index (κ2) is 7.50. The highest BCUT2D eigenvalue weighted by molar-refractivity contribution is 7.99. The average molecular weight is 359 g/mol. The number of aryl methyl sites for hydroxylation is 1.